The summed E-state index contributed by atoms with van der Waals surface area (Å²) in [5, 5.41) is 0. The highest BCUT2D eigenvalue weighted by atomic mass is 16.6. The summed E-state index contributed by atoms with van der Waals surface area (Å²) >= 11 is 0. The van der Waals surface area contributed by atoms with Gasteiger partial charge >= 0.3 is 5.97 Å². The van der Waals surface area contributed by atoms with Crippen LogP contribution in [-0.2, 0) is 9.53 Å². The van der Waals surface area contributed by atoms with Crippen LogP contribution in [0.25, 0.3) is 0 Å². The maximum atomic E-state index is 11.2. The number of benzene rings is 2. The second-order valence-corrected chi connectivity index (χ2v) is 4.24. The first-order chi connectivity index (χ1) is 10.2. The van der Waals surface area contributed by atoms with Gasteiger partial charge < -0.3 is 19.9 Å². The zero-order valence-corrected chi connectivity index (χ0v) is 11.7. The molecule has 2 aromatic rings. The van der Waals surface area contributed by atoms with Crippen LogP contribution in [0.15, 0.2) is 48.5 Å². The number of nitrogen functional groups attached to an aromatic ring is 1. The van der Waals surface area contributed by atoms with Crippen LogP contribution in [0.4, 0.5) is 5.69 Å². The van der Waals surface area contributed by atoms with Gasteiger partial charge in [0.1, 0.15) is 17.2 Å². The lowest BCUT2D eigenvalue weighted by molar-refractivity contribution is -0.145. The van der Waals surface area contributed by atoms with Crippen molar-refractivity contribution >= 4 is 11.7 Å². The summed E-state index contributed by atoms with van der Waals surface area (Å²) in [7, 11) is 0. The average Bonchev–Trinajstić information content (AvgIpc) is 2.49. The van der Waals surface area contributed by atoms with E-state index in [0.717, 1.165) is 0 Å². The second-order valence-electron chi connectivity index (χ2n) is 4.24. The summed E-state index contributed by atoms with van der Waals surface area (Å²) in [6, 6.07) is 14.1. The minimum absolute atomic E-state index is 0.105. The molecule has 0 unspecified atom stereocenters. The Kier molecular flexibility index (Phi) is 5.04. The summed E-state index contributed by atoms with van der Waals surface area (Å²) in [6.07, 6.45) is 0. The first-order valence-electron chi connectivity index (χ1n) is 6.59. The molecule has 0 heterocycles. The molecule has 0 saturated carbocycles. The van der Waals surface area contributed by atoms with Crippen molar-refractivity contribution in [1.29, 1.82) is 0 Å². The van der Waals surface area contributed by atoms with Gasteiger partial charge in [-0.25, -0.2) is 4.79 Å². The lowest BCUT2D eigenvalue weighted by atomic mass is 10.3. The van der Waals surface area contributed by atoms with E-state index in [1.807, 2.05) is 0 Å². The summed E-state index contributed by atoms with van der Waals surface area (Å²) < 4.78 is 15.7. The molecule has 21 heavy (non-hydrogen) atoms. The molecule has 5 heteroatoms. The topological polar surface area (TPSA) is 70.8 Å². The SMILES string of the molecule is CCOC(=O)COc1ccc(Oc2ccc(N)cc2)cc1. The summed E-state index contributed by atoms with van der Waals surface area (Å²) in [5.41, 5.74) is 6.29. The Labute approximate surface area is 123 Å². The van der Waals surface area contributed by atoms with Crippen LogP contribution in [0.3, 0.4) is 0 Å². The first kappa shape index (κ1) is 14.7. The van der Waals surface area contributed by atoms with Crippen LogP contribution < -0.4 is 15.2 Å². The van der Waals surface area contributed by atoms with Crippen LogP contribution in [0.2, 0.25) is 0 Å². The number of esters is 1. The number of anilines is 1. The molecule has 110 valence electrons. The van der Waals surface area contributed by atoms with Crippen molar-refractivity contribution in [3.63, 3.8) is 0 Å². The van der Waals surface area contributed by atoms with E-state index >= 15 is 0 Å². The van der Waals surface area contributed by atoms with E-state index in [-0.39, 0.29) is 12.6 Å². The summed E-state index contributed by atoms with van der Waals surface area (Å²) in [4.78, 5) is 11.2. The molecule has 0 radical (unpaired) electrons. The monoisotopic (exact) mass is 287 g/mol. The highest BCUT2D eigenvalue weighted by molar-refractivity contribution is 5.71. The van der Waals surface area contributed by atoms with E-state index < -0.39 is 0 Å². The van der Waals surface area contributed by atoms with Gasteiger partial charge in [0.15, 0.2) is 6.61 Å². The van der Waals surface area contributed by atoms with E-state index in [0.29, 0.717) is 29.5 Å². The Balaban J connectivity index is 1.89. The quantitative estimate of drug-likeness (QED) is 0.653. The van der Waals surface area contributed by atoms with Gasteiger partial charge in [-0.05, 0) is 55.5 Å². The normalized spacial score (nSPS) is 9.95. The minimum atomic E-state index is -0.389. The molecule has 2 N–H and O–H groups in total. The molecule has 0 aliphatic heterocycles. The fourth-order valence-corrected chi connectivity index (χ4v) is 1.62. The number of hydrogen-bond donors (Lipinski definition) is 1. The van der Waals surface area contributed by atoms with Gasteiger partial charge in [-0.1, -0.05) is 0 Å². The average molecular weight is 287 g/mol. The summed E-state index contributed by atoms with van der Waals surface area (Å²) in [5.74, 6) is 1.56. The number of nitrogens with two attached hydrogens (primary N) is 1. The third-order valence-electron chi connectivity index (χ3n) is 2.60. The van der Waals surface area contributed by atoms with E-state index in [4.69, 9.17) is 19.9 Å². The van der Waals surface area contributed by atoms with Crippen LogP contribution >= 0.6 is 0 Å². The standard InChI is InChI=1S/C16H17NO4/c1-2-19-16(18)11-20-13-7-9-15(10-8-13)21-14-5-3-12(17)4-6-14/h3-10H,2,11,17H2,1H3. The Morgan fingerprint density at radius 2 is 1.48 bits per heavy atom. The van der Waals surface area contributed by atoms with Crippen LogP contribution in [0.1, 0.15) is 6.92 Å². The maximum Gasteiger partial charge on any atom is 0.344 e. The van der Waals surface area contributed by atoms with Gasteiger partial charge in [-0.15, -0.1) is 0 Å². The van der Waals surface area contributed by atoms with E-state index in [2.05, 4.69) is 0 Å². The van der Waals surface area contributed by atoms with Crippen LogP contribution in [0, 0.1) is 0 Å². The van der Waals surface area contributed by atoms with Gasteiger partial charge in [0.25, 0.3) is 0 Å². The molecule has 0 fully saturated rings. The minimum Gasteiger partial charge on any atom is -0.482 e. The fraction of sp³-hybridized carbons (Fsp3) is 0.188. The molecule has 0 bridgehead atoms. The predicted octanol–water partition coefficient (Wildman–Crippen LogP) is 3.00. The van der Waals surface area contributed by atoms with Gasteiger partial charge in [-0.2, -0.15) is 0 Å². The van der Waals surface area contributed by atoms with E-state index in [9.17, 15) is 4.79 Å². The largest absolute Gasteiger partial charge is 0.482 e. The summed E-state index contributed by atoms with van der Waals surface area (Å²) in [6.45, 7) is 1.99. The highest BCUT2D eigenvalue weighted by Gasteiger charge is 2.03. The number of carbonyl (C=O) groups excluding carboxylic acids is 1. The molecular weight excluding hydrogens is 270 g/mol. The fourth-order valence-electron chi connectivity index (χ4n) is 1.62. The second kappa shape index (κ2) is 7.19. The van der Waals surface area contributed by atoms with Crippen molar-refractivity contribution in [3.05, 3.63) is 48.5 Å². The van der Waals surface area contributed by atoms with Crippen LogP contribution in [-0.4, -0.2) is 19.2 Å². The van der Waals surface area contributed by atoms with Crippen molar-refractivity contribution in [2.45, 2.75) is 6.92 Å². The van der Waals surface area contributed by atoms with Crippen molar-refractivity contribution < 1.29 is 19.0 Å². The van der Waals surface area contributed by atoms with Crippen molar-refractivity contribution in [2.24, 2.45) is 0 Å². The Morgan fingerprint density at radius 1 is 0.952 bits per heavy atom. The Hall–Kier alpha value is -2.69. The Bertz CT molecular complexity index is 578. The molecule has 2 aromatic carbocycles. The predicted molar refractivity (Wildman–Crippen MR) is 79.5 cm³/mol. The van der Waals surface area contributed by atoms with Crippen molar-refractivity contribution in [1.82, 2.24) is 0 Å². The zero-order valence-electron chi connectivity index (χ0n) is 11.7. The van der Waals surface area contributed by atoms with Crippen LogP contribution in [0.5, 0.6) is 17.2 Å². The first-order valence-corrected chi connectivity index (χ1v) is 6.59. The number of carbonyl (C=O) groups is 1. The van der Waals surface area contributed by atoms with Gasteiger partial charge in [0.05, 0.1) is 6.61 Å². The maximum absolute atomic E-state index is 11.2. The zero-order chi connectivity index (χ0) is 15.1. The lowest BCUT2D eigenvalue weighted by Crippen LogP contribution is -2.14. The van der Waals surface area contributed by atoms with Crippen molar-refractivity contribution in [2.75, 3.05) is 18.9 Å². The lowest BCUT2D eigenvalue weighted by Gasteiger charge is -2.08. The van der Waals surface area contributed by atoms with Gasteiger partial charge in [-0.3, -0.25) is 0 Å². The Morgan fingerprint density at radius 3 is 2.05 bits per heavy atom. The number of rotatable bonds is 6. The molecule has 2 rings (SSSR count). The number of ether oxygens (including phenoxy) is 3. The van der Waals surface area contributed by atoms with E-state index in [1.54, 1.807) is 55.5 Å². The van der Waals surface area contributed by atoms with Crippen molar-refractivity contribution in [3.8, 4) is 17.2 Å². The molecule has 0 spiro atoms. The molecule has 0 aliphatic carbocycles. The molecular formula is C16H17NO4. The highest BCUT2D eigenvalue weighted by Crippen LogP contribution is 2.24. The third-order valence-corrected chi connectivity index (χ3v) is 2.60. The molecule has 0 aliphatic rings. The smallest absolute Gasteiger partial charge is 0.344 e. The molecule has 0 atom stereocenters. The van der Waals surface area contributed by atoms with Gasteiger partial charge in [0.2, 0.25) is 0 Å². The molecule has 0 saturated heterocycles. The molecule has 0 amide bonds. The van der Waals surface area contributed by atoms with Gasteiger partial charge in [0, 0.05) is 5.69 Å². The number of hydrogen-bond acceptors (Lipinski definition) is 5. The molecule has 0 aromatic heterocycles. The molecule has 5 nitrogen and oxygen atoms in total. The third kappa shape index (κ3) is 4.72. The van der Waals surface area contributed by atoms with E-state index in [1.165, 1.54) is 0 Å².